The van der Waals surface area contributed by atoms with E-state index in [9.17, 15) is 13.2 Å². The predicted octanol–water partition coefficient (Wildman–Crippen LogP) is 2.39. The molecule has 0 amide bonds. The van der Waals surface area contributed by atoms with Crippen molar-refractivity contribution in [1.82, 2.24) is 0 Å². The maximum Gasteiger partial charge on any atom is 0.178 e. The lowest BCUT2D eigenvalue weighted by Gasteiger charge is -2.12. The average Bonchev–Trinajstić information content (AvgIpc) is 2.84. The first-order valence-electron chi connectivity index (χ1n) is 7.21. The van der Waals surface area contributed by atoms with Gasteiger partial charge in [0.05, 0.1) is 11.9 Å². The molecule has 0 spiro atoms. The number of ether oxygens (including phenoxy) is 1. The molecule has 1 fully saturated rings. The van der Waals surface area contributed by atoms with Crippen molar-refractivity contribution in [3.63, 3.8) is 0 Å². The third kappa shape index (κ3) is 4.14. The number of ketones is 1. The molecule has 0 bridgehead atoms. The van der Waals surface area contributed by atoms with E-state index in [4.69, 9.17) is 4.74 Å². The molecular formula is C16H22O4S. The van der Waals surface area contributed by atoms with Crippen molar-refractivity contribution in [2.75, 3.05) is 18.1 Å². The van der Waals surface area contributed by atoms with E-state index in [0.717, 1.165) is 29.5 Å². The van der Waals surface area contributed by atoms with Gasteiger partial charge in [-0.3, -0.25) is 4.79 Å². The van der Waals surface area contributed by atoms with Gasteiger partial charge in [-0.2, -0.15) is 0 Å². The molecule has 5 heteroatoms. The standard InChI is InChI=1S/C16H22O4S/c1-11-7-13(3)15(8-12(11)2)16(17)10-21(18,19)9-14-5-4-6-20-14/h7-8,14H,4-6,9-10H2,1-3H3. The third-order valence-electron chi connectivity index (χ3n) is 3.96. The molecule has 0 radical (unpaired) electrons. The van der Waals surface area contributed by atoms with Crippen LogP contribution < -0.4 is 0 Å². The SMILES string of the molecule is Cc1cc(C)c(C(=O)CS(=O)(=O)CC2CCCO2)cc1C. The smallest absolute Gasteiger partial charge is 0.178 e. The summed E-state index contributed by atoms with van der Waals surface area (Å²) in [4.78, 5) is 12.3. The fourth-order valence-electron chi connectivity index (χ4n) is 2.66. The number of carbonyl (C=O) groups excluding carboxylic acids is 1. The Kier molecular flexibility index (Phi) is 4.84. The van der Waals surface area contributed by atoms with E-state index in [0.29, 0.717) is 12.2 Å². The average molecular weight is 310 g/mol. The summed E-state index contributed by atoms with van der Waals surface area (Å²) in [6.45, 7) is 6.36. The van der Waals surface area contributed by atoms with Gasteiger partial charge in [-0.05, 0) is 56.4 Å². The van der Waals surface area contributed by atoms with Gasteiger partial charge in [0.15, 0.2) is 15.6 Å². The Morgan fingerprint density at radius 3 is 2.48 bits per heavy atom. The van der Waals surface area contributed by atoms with E-state index < -0.39 is 15.6 Å². The molecule has 4 nitrogen and oxygen atoms in total. The van der Waals surface area contributed by atoms with Crippen LogP contribution >= 0.6 is 0 Å². The number of sulfone groups is 1. The summed E-state index contributed by atoms with van der Waals surface area (Å²) in [5.74, 6) is -0.813. The summed E-state index contributed by atoms with van der Waals surface area (Å²) in [6, 6.07) is 3.71. The fraction of sp³-hybridized carbons (Fsp3) is 0.562. The Morgan fingerprint density at radius 2 is 1.86 bits per heavy atom. The van der Waals surface area contributed by atoms with Crippen LogP contribution in [0.2, 0.25) is 0 Å². The second-order valence-electron chi connectivity index (χ2n) is 5.86. The van der Waals surface area contributed by atoms with Crippen LogP contribution in [0.25, 0.3) is 0 Å². The molecule has 1 aliphatic rings. The number of rotatable bonds is 5. The molecule has 0 aliphatic carbocycles. The van der Waals surface area contributed by atoms with Gasteiger partial charge in [-0.15, -0.1) is 0 Å². The molecule has 0 N–H and O–H groups in total. The normalized spacial score (nSPS) is 18.9. The molecular weight excluding hydrogens is 288 g/mol. The van der Waals surface area contributed by atoms with Crippen molar-refractivity contribution in [3.8, 4) is 0 Å². The van der Waals surface area contributed by atoms with Crippen LogP contribution in [0, 0.1) is 20.8 Å². The fourth-order valence-corrected chi connectivity index (χ4v) is 4.16. The van der Waals surface area contributed by atoms with Gasteiger partial charge in [0.25, 0.3) is 0 Å². The Hall–Kier alpha value is -1.20. The number of hydrogen-bond acceptors (Lipinski definition) is 4. The van der Waals surface area contributed by atoms with Crippen LogP contribution in [0.15, 0.2) is 12.1 Å². The Bertz CT molecular complexity index is 640. The lowest BCUT2D eigenvalue weighted by atomic mass is 9.99. The predicted molar refractivity (Wildman–Crippen MR) is 82.6 cm³/mol. The van der Waals surface area contributed by atoms with Crippen molar-refractivity contribution in [2.45, 2.75) is 39.7 Å². The maximum absolute atomic E-state index is 12.3. The first-order valence-corrected chi connectivity index (χ1v) is 9.04. The van der Waals surface area contributed by atoms with Gasteiger partial charge < -0.3 is 4.74 Å². The Labute approximate surface area is 126 Å². The van der Waals surface area contributed by atoms with Crippen LogP contribution in [0.1, 0.15) is 39.9 Å². The van der Waals surface area contributed by atoms with Crippen molar-refractivity contribution < 1.29 is 17.9 Å². The summed E-state index contributed by atoms with van der Waals surface area (Å²) in [7, 11) is -3.43. The first-order chi connectivity index (χ1) is 9.78. The van der Waals surface area contributed by atoms with Crippen molar-refractivity contribution >= 4 is 15.6 Å². The van der Waals surface area contributed by atoms with Crippen LogP contribution in [-0.4, -0.2) is 38.4 Å². The van der Waals surface area contributed by atoms with Gasteiger partial charge in [0.1, 0.15) is 5.75 Å². The van der Waals surface area contributed by atoms with Crippen LogP contribution in [0.4, 0.5) is 0 Å². The highest BCUT2D eigenvalue weighted by Gasteiger charge is 2.26. The van der Waals surface area contributed by atoms with Crippen molar-refractivity contribution in [3.05, 3.63) is 34.4 Å². The van der Waals surface area contributed by atoms with E-state index in [2.05, 4.69) is 0 Å². The molecule has 1 saturated heterocycles. The highest BCUT2D eigenvalue weighted by molar-refractivity contribution is 7.92. The molecule has 0 saturated carbocycles. The highest BCUT2D eigenvalue weighted by atomic mass is 32.2. The summed E-state index contributed by atoms with van der Waals surface area (Å²) in [6.07, 6.45) is 1.41. The molecule has 2 rings (SSSR count). The summed E-state index contributed by atoms with van der Waals surface area (Å²) in [5, 5.41) is 0. The quantitative estimate of drug-likeness (QED) is 0.784. The zero-order chi connectivity index (χ0) is 15.6. The maximum atomic E-state index is 12.3. The third-order valence-corrected chi connectivity index (χ3v) is 5.54. The topological polar surface area (TPSA) is 60.4 Å². The minimum Gasteiger partial charge on any atom is -0.377 e. The monoisotopic (exact) mass is 310 g/mol. The van der Waals surface area contributed by atoms with Crippen LogP contribution in [0.5, 0.6) is 0 Å². The van der Waals surface area contributed by atoms with E-state index in [1.54, 1.807) is 6.07 Å². The van der Waals surface area contributed by atoms with Gasteiger partial charge in [0.2, 0.25) is 0 Å². The summed E-state index contributed by atoms with van der Waals surface area (Å²) >= 11 is 0. The summed E-state index contributed by atoms with van der Waals surface area (Å²) < 4.78 is 29.6. The first kappa shape index (κ1) is 16.2. The van der Waals surface area contributed by atoms with Crippen LogP contribution in [-0.2, 0) is 14.6 Å². The number of aryl methyl sites for hydroxylation is 3. The minimum absolute atomic E-state index is 0.0529. The molecule has 1 unspecified atom stereocenters. The minimum atomic E-state index is -3.43. The zero-order valence-corrected chi connectivity index (χ0v) is 13.6. The molecule has 1 aliphatic heterocycles. The van der Waals surface area contributed by atoms with Gasteiger partial charge in [0, 0.05) is 12.2 Å². The van der Waals surface area contributed by atoms with E-state index in [1.807, 2.05) is 26.8 Å². The number of benzene rings is 1. The molecule has 1 aromatic rings. The van der Waals surface area contributed by atoms with Crippen LogP contribution in [0.3, 0.4) is 0 Å². The largest absolute Gasteiger partial charge is 0.377 e. The van der Waals surface area contributed by atoms with Gasteiger partial charge >= 0.3 is 0 Å². The Balaban J connectivity index is 2.11. The lowest BCUT2D eigenvalue weighted by molar-refractivity contribution is 0.101. The second kappa shape index (κ2) is 6.28. The zero-order valence-electron chi connectivity index (χ0n) is 12.8. The summed E-state index contributed by atoms with van der Waals surface area (Å²) in [5.41, 5.74) is 3.44. The molecule has 0 aromatic heterocycles. The van der Waals surface area contributed by atoms with Gasteiger partial charge in [-0.25, -0.2) is 8.42 Å². The van der Waals surface area contributed by atoms with E-state index >= 15 is 0 Å². The highest BCUT2D eigenvalue weighted by Crippen LogP contribution is 2.18. The van der Waals surface area contributed by atoms with Crippen molar-refractivity contribution in [2.24, 2.45) is 0 Å². The molecule has 116 valence electrons. The van der Waals surface area contributed by atoms with E-state index in [-0.39, 0.29) is 17.6 Å². The van der Waals surface area contributed by atoms with Gasteiger partial charge in [-0.1, -0.05) is 6.07 Å². The molecule has 1 atom stereocenters. The Morgan fingerprint density at radius 1 is 1.19 bits per heavy atom. The second-order valence-corrected chi connectivity index (χ2v) is 7.97. The van der Waals surface area contributed by atoms with E-state index in [1.165, 1.54) is 0 Å². The molecule has 1 heterocycles. The molecule has 1 aromatic carbocycles. The lowest BCUT2D eigenvalue weighted by Crippen LogP contribution is -2.26. The number of Topliss-reactive ketones (excluding diaryl/α,β-unsaturated/α-hetero) is 1. The van der Waals surface area contributed by atoms with Crippen molar-refractivity contribution in [1.29, 1.82) is 0 Å². The number of hydrogen-bond donors (Lipinski definition) is 0. The number of carbonyl (C=O) groups is 1. The molecule has 21 heavy (non-hydrogen) atoms.